The lowest BCUT2D eigenvalue weighted by Gasteiger charge is -2.26. The van der Waals surface area contributed by atoms with Gasteiger partial charge in [-0.1, -0.05) is 184 Å². The molecule has 11 aromatic rings. The van der Waals surface area contributed by atoms with Crippen LogP contribution >= 0.6 is 0 Å². The molecule has 0 unspecified atom stereocenters. The van der Waals surface area contributed by atoms with Gasteiger partial charge in [-0.05, 0) is 122 Å². The summed E-state index contributed by atoms with van der Waals surface area (Å²) in [6.07, 6.45) is 0. The van der Waals surface area contributed by atoms with E-state index in [4.69, 9.17) is 0 Å². The van der Waals surface area contributed by atoms with Crippen LogP contribution in [0.1, 0.15) is 25.0 Å². The predicted molar refractivity (Wildman–Crippen MR) is 267 cm³/mol. The number of rotatable bonds is 7. The highest BCUT2D eigenvalue weighted by molar-refractivity contribution is 6.09. The highest BCUT2D eigenvalue weighted by Crippen LogP contribution is 2.50. The average molecular weight is 805 g/mol. The Morgan fingerprint density at radius 3 is 1.49 bits per heavy atom. The minimum absolute atomic E-state index is 0.0389. The van der Waals surface area contributed by atoms with E-state index in [2.05, 4.69) is 254 Å². The quantitative estimate of drug-likeness (QED) is 0.156. The van der Waals surface area contributed by atoms with Gasteiger partial charge in [0.25, 0.3) is 0 Å². The van der Waals surface area contributed by atoms with Gasteiger partial charge in [0.1, 0.15) is 0 Å². The molecule has 0 saturated carbocycles. The van der Waals surface area contributed by atoms with Crippen LogP contribution in [0.2, 0.25) is 0 Å². The number of nitrogens with zero attached hydrogens (tertiary/aromatic N) is 2. The highest BCUT2D eigenvalue weighted by Gasteiger charge is 2.35. The van der Waals surface area contributed by atoms with Crippen molar-refractivity contribution in [2.45, 2.75) is 19.3 Å². The third kappa shape index (κ3) is 6.09. The van der Waals surface area contributed by atoms with Crippen molar-refractivity contribution in [3.8, 4) is 50.2 Å². The summed E-state index contributed by atoms with van der Waals surface area (Å²) in [5, 5.41) is 4.98. The summed E-state index contributed by atoms with van der Waals surface area (Å²) in [5.74, 6) is 0. The summed E-state index contributed by atoms with van der Waals surface area (Å²) >= 11 is 0. The average Bonchev–Trinajstić information content (AvgIpc) is 3.80. The summed E-state index contributed by atoms with van der Waals surface area (Å²) in [6, 6.07) is 84.5. The second kappa shape index (κ2) is 14.6. The number of benzene rings is 10. The van der Waals surface area contributed by atoms with E-state index in [1.165, 1.54) is 93.9 Å². The maximum absolute atomic E-state index is 2.41. The van der Waals surface area contributed by atoms with Gasteiger partial charge in [-0.15, -0.1) is 0 Å². The van der Waals surface area contributed by atoms with Crippen LogP contribution in [-0.2, 0) is 5.41 Å². The second-order valence-electron chi connectivity index (χ2n) is 17.4. The van der Waals surface area contributed by atoms with Crippen LogP contribution in [0.15, 0.2) is 231 Å². The van der Waals surface area contributed by atoms with Gasteiger partial charge in [-0.25, -0.2) is 0 Å². The van der Waals surface area contributed by atoms with Gasteiger partial charge in [-0.3, -0.25) is 0 Å². The lowest BCUT2D eigenvalue weighted by Crippen LogP contribution is -2.14. The van der Waals surface area contributed by atoms with Crippen molar-refractivity contribution in [1.29, 1.82) is 0 Å². The summed E-state index contributed by atoms with van der Waals surface area (Å²) in [5.41, 5.74) is 19.6. The third-order valence-corrected chi connectivity index (χ3v) is 13.4. The molecule has 298 valence electrons. The molecule has 0 atom stereocenters. The molecule has 0 radical (unpaired) electrons. The zero-order valence-electron chi connectivity index (χ0n) is 35.3. The molecular weight excluding hydrogens is 761 g/mol. The normalized spacial score (nSPS) is 12.7. The van der Waals surface area contributed by atoms with E-state index in [1.807, 2.05) is 0 Å². The van der Waals surface area contributed by atoms with Crippen LogP contribution < -0.4 is 4.90 Å². The maximum atomic E-state index is 2.41. The molecule has 2 nitrogen and oxygen atoms in total. The van der Waals surface area contributed by atoms with Crippen molar-refractivity contribution >= 4 is 49.6 Å². The molecule has 2 heteroatoms. The van der Waals surface area contributed by atoms with Crippen LogP contribution in [0.5, 0.6) is 0 Å². The van der Waals surface area contributed by atoms with Crippen molar-refractivity contribution in [2.75, 3.05) is 4.90 Å². The number of para-hydroxylation sites is 3. The largest absolute Gasteiger partial charge is 0.310 e. The molecular formula is C61H44N2. The fourth-order valence-corrected chi connectivity index (χ4v) is 10.2. The molecule has 63 heavy (non-hydrogen) atoms. The van der Waals surface area contributed by atoms with Gasteiger partial charge in [0.05, 0.1) is 16.7 Å². The van der Waals surface area contributed by atoms with Crippen molar-refractivity contribution in [3.05, 3.63) is 242 Å². The van der Waals surface area contributed by atoms with Crippen molar-refractivity contribution in [3.63, 3.8) is 0 Å². The van der Waals surface area contributed by atoms with Crippen LogP contribution in [-0.4, -0.2) is 4.57 Å². The van der Waals surface area contributed by atoms with Gasteiger partial charge in [0.15, 0.2) is 0 Å². The van der Waals surface area contributed by atoms with E-state index in [9.17, 15) is 0 Å². The first-order valence-corrected chi connectivity index (χ1v) is 21.9. The van der Waals surface area contributed by atoms with Crippen LogP contribution in [0, 0.1) is 0 Å². The first kappa shape index (κ1) is 36.9. The molecule has 0 saturated heterocycles. The number of hydrogen-bond donors (Lipinski definition) is 0. The van der Waals surface area contributed by atoms with Crippen molar-refractivity contribution in [2.24, 2.45) is 0 Å². The van der Waals surface area contributed by atoms with Crippen LogP contribution in [0.4, 0.5) is 17.1 Å². The fourth-order valence-electron chi connectivity index (χ4n) is 10.2. The van der Waals surface area contributed by atoms with Gasteiger partial charge in [0, 0.05) is 38.8 Å². The van der Waals surface area contributed by atoms with Crippen molar-refractivity contribution in [1.82, 2.24) is 4.57 Å². The Bertz CT molecular complexity index is 3460. The molecule has 0 bridgehead atoms. The van der Waals surface area contributed by atoms with E-state index in [-0.39, 0.29) is 5.41 Å². The van der Waals surface area contributed by atoms with E-state index >= 15 is 0 Å². The SMILES string of the molecule is CC1(C)c2ccccc2-c2ccc(-c3ccc(N(c4ccc(-c5ccc(-c6ccccc6-n6c7ccccc7c7ccccc76)cc5)cc4)c4ccc5ccccc5c4)cc3)cc21. The first-order chi connectivity index (χ1) is 31.0. The Kier molecular flexibility index (Phi) is 8.55. The van der Waals surface area contributed by atoms with Gasteiger partial charge in [0.2, 0.25) is 0 Å². The zero-order chi connectivity index (χ0) is 42.1. The molecule has 0 N–H and O–H groups in total. The third-order valence-electron chi connectivity index (χ3n) is 13.4. The molecule has 1 heterocycles. The molecule has 0 amide bonds. The topological polar surface area (TPSA) is 8.17 Å². The Morgan fingerprint density at radius 1 is 0.333 bits per heavy atom. The van der Waals surface area contributed by atoms with Crippen LogP contribution in [0.25, 0.3) is 82.8 Å². The van der Waals surface area contributed by atoms with E-state index < -0.39 is 0 Å². The van der Waals surface area contributed by atoms with Gasteiger partial charge in [-0.2, -0.15) is 0 Å². The minimum atomic E-state index is -0.0389. The Balaban J connectivity index is 0.874. The Labute approximate surface area is 368 Å². The standard InChI is InChI=1S/C61H44N2/c1-61(2)56-19-9-5-16-52(56)53-38-32-47(40-57(53)61)44-29-35-49(36-30-44)62(50-37-31-41-13-3-4-14-46(41)39-50)48-33-27-43(28-34-48)42-23-25-45(26-24-42)51-15-6-10-20-58(51)63-59-21-11-7-17-54(59)55-18-8-12-22-60(55)63/h3-40H,1-2H3. The summed E-state index contributed by atoms with van der Waals surface area (Å²) < 4.78 is 2.41. The smallest absolute Gasteiger partial charge is 0.0541 e. The number of hydrogen-bond acceptors (Lipinski definition) is 1. The first-order valence-electron chi connectivity index (χ1n) is 21.9. The predicted octanol–water partition coefficient (Wildman–Crippen LogP) is 16.7. The van der Waals surface area contributed by atoms with E-state index in [0.717, 1.165) is 17.1 Å². The number of anilines is 3. The summed E-state index contributed by atoms with van der Waals surface area (Å²) in [7, 11) is 0. The molecule has 12 rings (SSSR count). The van der Waals surface area contributed by atoms with Crippen molar-refractivity contribution < 1.29 is 0 Å². The highest BCUT2D eigenvalue weighted by atomic mass is 15.1. The number of aromatic nitrogens is 1. The van der Waals surface area contributed by atoms with Gasteiger partial charge < -0.3 is 9.47 Å². The van der Waals surface area contributed by atoms with Gasteiger partial charge >= 0.3 is 0 Å². The minimum Gasteiger partial charge on any atom is -0.310 e. The lowest BCUT2D eigenvalue weighted by molar-refractivity contribution is 0.660. The van der Waals surface area contributed by atoms with E-state index in [0.29, 0.717) is 0 Å². The van der Waals surface area contributed by atoms with Crippen LogP contribution in [0.3, 0.4) is 0 Å². The van der Waals surface area contributed by atoms with E-state index in [1.54, 1.807) is 0 Å². The molecule has 0 fully saturated rings. The molecule has 0 spiro atoms. The number of fused-ring (bicyclic) bond motifs is 7. The molecule has 1 aromatic heterocycles. The molecule has 0 aliphatic heterocycles. The maximum Gasteiger partial charge on any atom is 0.0541 e. The molecule has 1 aliphatic rings. The Hall–Kier alpha value is -7.94. The molecule has 10 aromatic carbocycles. The summed E-state index contributed by atoms with van der Waals surface area (Å²) in [6.45, 7) is 4.70. The monoisotopic (exact) mass is 804 g/mol. The summed E-state index contributed by atoms with van der Waals surface area (Å²) in [4.78, 5) is 2.37. The Morgan fingerprint density at radius 2 is 0.810 bits per heavy atom. The lowest BCUT2D eigenvalue weighted by atomic mass is 9.81. The molecule has 1 aliphatic carbocycles. The second-order valence-corrected chi connectivity index (χ2v) is 17.4. The zero-order valence-corrected chi connectivity index (χ0v) is 35.3. The fraction of sp³-hybridized carbons (Fsp3) is 0.0492.